The predicted octanol–water partition coefficient (Wildman–Crippen LogP) is 4.17. The van der Waals surface area contributed by atoms with E-state index in [0.29, 0.717) is 10.9 Å². The van der Waals surface area contributed by atoms with Gasteiger partial charge in [0.1, 0.15) is 0 Å². The summed E-state index contributed by atoms with van der Waals surface area (Å²) in [6.07, 6.45) is 1.71. The van der Waals surface area contributed by atoms with E-state index in [2.05, 4.69) is 20.9 Å². The van der Waals surface area contributed by atoms with Gasteiger partial charge in [0, 0.05) is 21.3 Å². The molecule has 0 atom stereocenters. The first-order chi connectivity index (χ1) is 7.70. The Hall–Kier alpha value is -1.06. The van der Waals surface area contributed by atoms with Gasteiger partial charge < -0.3 is 4.74 Å². The van der Waals surface area contributed by atoms with Gasteiger partial charge in [-0.25, -0.2) is 4.98 Å². The Labute approximate surface area is 107 Å². The highest BCUT2D eigenvalue weighted by Crippen LogP contribution is 2.30. The largest absolute Gasteiger partial charge is 0.481 e. The predicted molar refractivity (Wildman–Crippen MR) is 68.9 cm³/mol. The van der Waals surface area contributed by atoms with Crippen molar-refractivity contribution in [2.24, 2.45) is 0 Å². The fourth-order valence-corrected chi connectivity index (χ4v) is 1.88. The average molecular weight is 299 g/mol. The standard InChI is InChI=1S/C12H9BrClNO/c1-16-12-11(6-9(13)7-15-12)8-2-4-10(14)5-3-8/h2-7H,1H3. The van der Waals surface area contributed by atoms with Crippen molar-refractivity contribution in [3.63, 3.8) is 0 Å². The maximum Gasteiger partial charge on any atom is 0.221 e. The zero-order valence-electron chi connectivity index (χ0n) is 8.58. The van der Waals surface area contributed by atoms with E-state index in [0.717, 1.165) is 15.6 Å². The van der Waals surface area contributed by atoms with Crippen LogP contribution in [0.5, 0.6) is 5.88 Å². The van der Waals surface area contributed by atoms with Crippen LogP contribution in [0.3, 0.4) is 0 Å². The number of aromatic nitrogens is 1. The van der Waals surface area contributed by atoms with E-state index < -0.39 is 0 Å². The zero-order chi connectivity index (χ0) is 11.5. The molecular weight excluding hydrogens is 289 g/mol. The van der Waals surface area contributed by atoms with E-state index in [-0.39, 0.29) is 0 Å². The SMILES string of the molecule is COc1ncc(Br)cc1-c1ccc(Cl)cc1. The number of hydrogen-bond donors (Lipinski definition) is 0. The molecule has 0 unspecified atom stereocenters. The summed E-state index contributed by atoms with van der Waals surface area (Å²) in [4.78, 5) is 4.19. The summed E-state index contributed by atoms with van der Waals surface area (Å²) in [5.41, 5.74) is 1.96. The normalized spacial score (nSPS) is 10.2. The molecule has 0 bridgehead atoms. The highest BCUT2D eigenvalue weighted by Gasteiger charge is 2.07. The van der Waals surface area contributed by atoms with Crippen LogP contribution in [0.25, 0.3) is 11.1 Å². The first-order valence-corrected chi connectivity index (χ1v) is 5.83. The molecule has 1 heterocycles. The van der Waals surface area contributed by atoms with Crippen molar-refractivity contribution in [3.8, 4) is 17.0 Å². The van der Waals surface area contributed by atoms with Gasteiger partial charge >= 0.3 is 0 Å². The van der Waals surface area contributed by atoms with Crippen molar-refractivity contribution >= 4 is 27.5 Å². The van der Waals surface area contributed by atoms with Crippen LogP contribution in [-0.2, 0) is 0 Å². The van der Waals surface area contributed by atoms with E-state index in [1.165, 1.54) is 0 Å². The van der Waals surface area contributed by atoms with E-state index in [1.54, 1.807) is 13.3 Å². The Morgan fingerprint density at radius 1 is 1.25 bits per heavy atom. The number of methoxy groups -OCH3 is 1. The molecule has 0 radical (unpaired) electrons. The van der Waals surface area contributed by atoms with Crippen LogP contribution in [0, 0.1) is 0 Å². The number of halogens is 2. The highest BCUT2D eigenvalue weighted by atomic mass is 79.9. The number of benzene rings is 1. The van der Waals surface area contributed by atoms with Gasteiger partial charge in [0.25, 0.3) is 0 Å². The lowest BCUT2D eigenvalue weighted by molar-refractivity contribution is 0.399. The van der Waals surface area contributed by atoms with E-state index in [1.807, 2.05) is 30.3 Å². The summed E-state index contributed by atoms with van der Waals surface area (Å²) < 4.78 is 6.14. The molecule has 0 saturated heterocycles. The molecule has 0 amide bonds. The van der Waals surface area contributed by atoms with E-state index >= 15 is 0 Å². The van der Waals surface area contributed by atoms with Crippen molar-refractivity contribution in [1.82, 2.24) is 4.98 Å². The van der Waals surface area contributed by atoms with Gasteiger partial charge in [-0.3, -0.25) is 0 Å². The van der Waals surface area contributed by atoms with Crippen molar-refractivity contribution in [1.29, 1.82) is 0 Å². The van der Waals surface area contributed by atoms with Gasteiger partial charge in [-0.15, -0.1) is 0 Å². The van der Waals surface area contributed by atoms with Crippen LogP contribution in [0.1, 0.15) is 0 Å². The number of ether oxygens (including phenoxy) is 1. The Morgan fingerprint density at radius 3 is 2.56 bits per heavy atom. The van der Waals surface area contributed by atoms with Crippen molar-refractivity contribution in [3.05, 3.63) is 46.0 Å². The number of nitrogens with zero attached hydrogens (tertiary/aromatic N) is 1. The second kappa shape index (κ2) is 4.85. The summed E-state index contributed by atoms with van der Waals surface area (Å²) in [5, 5.41) is 0.714. The van der Waals surface area contributed by atoms with Crippen LogP contribution < -0.4 is 4.74 Å². The molecule has 0 saturated carbocycles. The van der Waals surface area contributed by atoms with Gasteiger partial charge in [0.2, 0.25) is 5.88 Å². The molecule has 16 heavy (non-hydrogen) atoms. The Bertz CT molecular complexity index is 499. The monoisotopic (exact) mass is 297 g/mol. The van der Waals surface area contributed by atoms with Crippen LogP contribution in [0.4, 0.5) is 0 Å². The molecule has 2 aromatic rings. The number of pyridine rings is 1. The van der Waals surface area contributed by atoms with Crippen LogP contribution in [0.2, 0.25) is 5.02 Å². The van der Waals surface area contributed by atoms with Gasteiger partial charge in [0.15, 0.2) is 0 Å². The summed E-state index contributed by atoms with van der Waals surface area (Å²) >= 11 is 9.24. The molecule has 0 spiro atoms. The molecular formula is C12H9BrClNO. The Balaban J connectivity index is 2.53. The lowest BCUT2D eigenvalue weighted by atomic mass is 10.1. The smallest absolute Gasteiger partial charge is 0.221 e. The quantitative estimate of drug-likeness (QED) is 0.830. The number of hydrogen-bond acceptors (Lipinski definition) is 2. The lowest BCUT2D eigenvalue weighted by Crippen LogP contribution is -1.91. The fourth-order valence-electron chi connectivity index (χ4n) is 1.43. The van der Waals surface area contributed by atoms with E-state index in [4.69, 9.17) is 16.3 Å². The van der Waals surface area contributed by atoms with Crippen LogP contribution in [-0.4, -0.2) is 12.1 Å². The van der Waals surface area contributed by atoms with Crippen molar-refractivity contribution in [2.45, 2.75) is 0 Å². The number of rotatable bonds is 2. The van der Waals surface area contributed by atoms with Crippen LogP contribution >= 0.6 is 27.5 Å². The minimum Gasteiger partial charge on any atom is -0.481 e. The minimum atomic E-state index is 0.602. The molecule has 0 aliphatic rings. The topological polar surface area (TPSA) is 22.1 Å². The first-order valence-electron chi connectivity index (χ1n) is 4.66. The molecule has 2 nitrogen and oxygen atoms in total. The molecule has 0 fully saturated rings. The molecule has 0 N–H and O–H groups in total. The first kappa shape index (κ1) is 11.4. The zero-order valence-corrected chi connectivity index (χ0v) is 10.9. The minimum absolute atomic E-state index is 0.602. The van der Waals surface area contributed by atoms with E-state index in [9.17, 15) is 0 Å². The molecule has 0 aliphatic carbocycles. The molecule has 0 aliphatic heterocycles. The Morgan fingerprint density at radius 2 is 1.94 bits per heavy atom. The van der Waals surface area contributed by atoms with Gasteiger partial charge in [-0.2, -0.15) is 0 Å². The third-order valence-corrected chi connectivity index (χ3v) is 2.85. The average Bonchev–Trinajstić information content (AvgIpc) is 2.30. The molecule has 1 aromatic heterocycles. The lowest BCUT2D eigenvalue weighted by Gasteiger charge is -2.07. The highest BCUT2D eigenvalue weighted by molar-refractivity contribution is 9.10. The van der Waals surface area contributed by atoms with Gasteiger partial charge in [0.05, 0.1) is 7.11 Å². The van der Waals surface area contributed by atoms with Gasteiger partial charge in [-0.1, -0.05) is 23.7 Å². The second-order valence-electron chi connectivity index (χ2n) is 3.22. The third-order valence-electron chi connectivity index (χ3n) is 2.17. The van der Waals surface area contributed by atoms with Gasteiger partial charge in [-0.05, 0) is 39.7 Å². The Kier molecular flexibility index (Phi) is 3.46. The molecule has 2 rings (SSSR count). The second-order valence-corrected chi connectivity index (χ2v) is 4.57. The van der Waals surface area contributed by atoms with Crippen molar-refractivity contribution in [2.75, 3.05) is 7.11 Å². The molecule has 82 valence electrons. The maximum absolute atomic E-state index is 5.85. The summed E-state index contributed by atoms with van der Waals surface area (Å²) in [5.74, 6) is 0.602. The molecule has 4 heteroatoms. The fraction of sp³-hybridized carbons (Fsp3) is 0.0833. The molecule has 1 aromatic carbocycles. The summed E-state index contributed by atoms with van der Waals surface area (Å²) in [7, 11) is 1.61. The summed E-state index contributed by atoms with van der Waals surface area (Å²) in [6, 6.07) is 9.53. The maximum atomic E-state index is 5.85. The summed E-state index contributed by atoms with van der Waals surface area (Å²) in [6.45, 7) is 0. The van der Waals surface area contributed by atoms with Crippen LogP contribution in [0.15, 0.2) is 41.0 Å². The van der Waals surface area contributed by atoms with Crippen molar-refractivity contribution < 1.29 is 4.74 Å². The third kappa shape index (κ3) is 2.36.